The molecule has 1 atom stereocenters. The van der Waals surface area contributed by atoms with Crippen molar-refractivity contribution in [2.45, 2.75) is 6.23 Å². The van der Waals surface area contributed by atoms with E-state index in [0.29, 0.717) is 0 Å². The van der Waals surface area contributed by atoms with E-state index in [0.717, 1.165) is 0 Å². The van der Waals surface area contributed by atoms with E-state index in [9.17, 15) is 14.9 Å². The fourth-order valence-corrected chi connectivity index (χ4v) is 0.721. The summed E-state index contributed by atoms with van der Waals surface area (Å²) in [5.74, 6) is -0.0798. The van der Waals surface area contributed by atoms with Gasteiger partial charge in [0.05, 0.1) is 4.92 Å². The highest BCUT2D eigenvalue weighted by molar-refractivity contribution is 5.64. The fourth-order valence-electron chi connectivity index (χ4n) is 0.721. The van der Waals surface area contributed by atoms with Crippen LogP contribution in [0.4, 0.5) is 4.79 Å². The lowest BCUT2D eigenvalue weighted by molar-refractivity contribution is -0.576. The summed E-state index contributed by atoms with van der Waals surface area (Å²) in [5, 5.41) is 10.3. The molecule has 1 unspecified atom stereocenters. The molecule has 0 bridgehead atoms. The van der Waals surface area contributed by atoms with Crippen LogP contribution < -0.4 is 5.73 Å². The maximum Gasteiger partial charge on any atom is 0.416 e. The van der Waals surface area contributed by atoms with Crippen molar-refractivity contribution in [1.29, 1.82) is 0 Å². The largest absolute Gasteiger partial charge is 0.416 e. The number of nitro groups is 1. The third-order valence-corrected chi connectivity index (χ3v) is 1.17. The van der Waals surface area contributed by atoms with Crippen LogP contribution in [0.5, 0.6) is 0 Å². The van der Waals surface area contributed by atoms with Crippen LogP contribution in [-0.2, 0) is 4.74 Å². The van der Waals surface area contributed by atoms with Gasteiger partial charge in [0, 0.05) is 12.4 Å². The summed E-state index contributed by atoms with van der Waals surface area (Å²) in [6.07, 6.45) is -0.225. The number of nitrogens with zero attached hydrogens (tertiary/aromatic N) is 2. The number of imidazole rings is 1. The van der Waals surface area contributed by atoms with Gasteiger partial charge in [0.2, 0.25) is 5.82 Å². The molecule has 0 fully saturated rings. The summed E-state index contributed by atoms with van der Waals surface area (Å²) in [4.78, 5) is 25.8. The number of hydrogen-bond donors (Lipinski definition) is 2. The molecule has 8 nitrogen and oxygen atoms in total. The third kappa shape index (κ3) is 2.15. The van der Waals surface area contributed by atoms with Crippen molar-refractivity contribution in [3.8, 4) is 0 Å². The Bertz CT molecular complexity index is 308. The Morgan fingerprint density at radius 1 is 1.85 bits per heavy atom. The number of amides is 1. The molecule has 1 aromatic rings. The number of aromatic amines is 1. The van der Waals surface area contributed by atoms with E-state index in [2.05, 4.69) is 20.4 Å². The van der Waals surface area contributed by atoms with Crippen LogP contribution in [0.15, 0.2) is 12.4 Å². The highest BCUT2D eigenvalue weighted by atomic mass is 16.7. The minimum atomic E-state index is -1.67. The molecular weight excluding hydrogens is 180 g/mol. The maximum absolute atomic E-state index is 10.3. The van der Waals surface area contributed by atoms with E-state index in [-0.39, 0.29) is 5.82 Å². The number of aromatic nitrogens is 2. The number of rotatable bonds is 3. The van der Waals surface area contributed by atoms with Crippen LogP contribution in [-0.4, -0.2) is 21.0 Å². The number of primary amides is 1. The summed E-state index contributed by atoms with van der Waals surface area (Å²) in [6, 6.07) is 0. The van der Waals surface area contributed by atoms with Crippen molar-refractivity contribution in [2.75, 3.05) is 0 Å². The Kier molecular flexibility index (Phi) is 2.43. The molecule has 0 aliphatic heterocycles. The molecule has 1 rings (SSSR count). The molecule has 0 saturated heterocycles. The lowest BCUT2D eigenvalue weighted by Crippen LogP contribution is -2.23. The van der Waals surface area contributed by atoms with Gasteiger partial charge >= 0.3 is 12.3 Å². The maximum atomic E-state index is 10.3. The molecule has 1 heterocycles. The zero-order valence-corrected chi connectivity index (χ0v) is 6.34. The quantitative estimate of drug-likeness (QED) is 0.383. The SMILES string of the molecule is NC(=O)OC(c1ncc[nH]1)[N+](=O)[O-]. The van der Waals surface area contributed by atoms with E-state index in [4.69, 9.17) is 0 Å². The van der Waals surface area contributed by atoms with E-state index in [1.807, 2.05) is 0 Å². The second kappa shape index (κ2) is 3.52. The number of hydrogen-bond acceptors (Lipinski definition) is 5. The van der Waals surface area contributed by atoms with Gasteiger partial charge in [0.25, 0.3) is 0 Å². The van der Waals surface area contributed by atoms with Crippen LogP contribution in [0.3, 0.4) is 0 Å². The Balaban J connectivity index is 2.81. The van der Waals surface area contributed by atoms with Crippen LogP contribution in [0.2, 0.25) is 0 Å². The number of ether oxygens (including phenoxy) is 1. The Labute approximate surface area is 71.9 Å². The van der Waals surface area contributed by atoms with Gasteiger partial charge in [-0.05, 0) is 0 Å². The van der Waals surface area contributed by atoms with Gasteiger partial charge in [0.1, 0.15) is 0 Å². The zero-order chi connectivity index (χ0) is 9.84. The van der Waals surface area contributed by atoms with Gasteiger partial charge in [0.15, 0.2) is 0 Å². The Morgan fingerprint density at radius 2 is 2.54 bits per heavy atom. The van der Waals surface area contributed by atoms with Gasteiger partial charge in [-0.2, -0.15) is 0 Å². The molecule has 8 heteroatoms. The average molecular weight is 186 g/mol. The van der Waals surface area contributed by atoms with Gasteiger partial charge < -0.3 is 15.5 Å². The first kappa shape index (κ1) is 8.97. The summed E-state index contributed by atoms with van der Waals surface area (Å²) >= 11 is 0. The van der Waals surface area contributed by atoms with E-state index in [1.165, 1.54) is 12.4 Å². The minimum absolute atomic E-state index is 0.0798. The molecule has 0 aromatic carbocycles. The molecule has 0 saturated carbocycles. The Morgan fingerprint density at radius 3 is 2.92 bits per heavy atom. The van der Waals surface area contributed by atoms with E-state index < -0.39 is 17.2 Å². The molecule has 0 radical (unpaired) electrons. The topological polar surface area (TPSA) is 124 Å². The monoisotopic (exact) mass is 186 g/mol. The van der Waals surface area contributed by atoms with Crippen LogP contribution in [0, 0.1) is 10.1 Å². The van der Waals surface area contributed by atoms with Gasteiger partial charge in [-0.3, -0.25) is 10.1 Å². The van der Waals surface area contributed by atoms with Crippen LogP contribution >= 0.6 is 0 Å². The number of carbonyl (C=O) groups excluding carboxylic acids is 1. The molecule has 1 amide bonds. The van der Waals surface area contributed by atoms with Crippen molar-refractivity contribution >= 4 is 6.09 Å². The predicted molar refractivity (Wildman–Crippen MR) is 39.0 cm³/mol. The Hall–Kier alpha value is -2.12. The summed E-state index contributed by atoms with van der Waals surface area (Å²) in [6.45, 7) is 0. The first-order valence-corrected chi connectivity index (χ1v) is 3.20. The summed E-state index contributed by atoms with van der Waals surface area (Å²) in [7, 11) is 0. The van der Waals surface area contributed by atoms with Crippen molar-refractivity contribution in [3.05, 3.63) is 28.3 Å². The number of nitrogens with two attached hydrogens (primary N) is 1. The van der Waals surface area contributed by atoms with Gasteiger partial charge in [-0.15, -0.1) is 0 Å². The second-order valence-corrected chi connectivity index (χ2v) is 2.05. The molecule has 0 aliphatic carbocycles. The molecule has 0 spiro atoms. The van der Waals surface area contributed by atoms with Crippen molar-refractivity contribution in [2.24, 2.45) is 5.73 Å². The molecule has 3 N–H and O–H groups in total. The minimum Gasteiger partial charge on any atom is -0.375 e. The lowest BCUT2D eigenvalue weighted by Gasteiger charge is -2.04. The first-order chi connectivity index (χ1) is 6.11. The fraction of sp³-hybridized carbons (Fsp3) is 0.200. The second-order valence-electron chi connectivity index (χ2n) is 2.05. The highest BCUT2D eigenvalue weighted by Gasteiger charge is 2.28. The third-order valence-electron chi connectivity index (χ3n) is 1.17. The normalized spacial score (nSPS) is 12.0. The summed E-state index contributed by atoms with van der Waals surface area (Å²) < 4.78 is 4.20. The van der Waals surface area contributed by atoms with Crippen molar-refractivity contribution < 1.29 is 14.5 Å². The molecule has 70 valence electrons. The lowest BCUT2D eigenvalue weighted by atomic mass is 10.5. The summed E-state index contributed by atoms with van der Waals surface area (Å²) in [5.41, 5.74) is 4.63. The molecular formula is C5H6N4O4. The first-order valence-electron chi connectivity index (χ1n) is 3.20. The number of H-pyrrole nitrogens is 1. The standard InChI is InChI=1S/C5H6N4O4/c6-5(10)13-4(9(11)12)3-7-1-2-8-3/h1-2,4H,(H2,6,10)(H,7,8). The molecule has 1 aromatic heterocycles. The predicted octanol–water partition coefficient (Wildman–Crippen LogP) is -0.220. The highest BCUT2D eigenvalue weighted by Crippen LogP contribution is 2.12. The van der Waals surface area contributed by atoms with Crippen LogP contribution in [0.25, 0.3) is 0 Å². The van der Waals surface area contributed by atoms with Crippen molar-refractivity contribution in [3.63, 3.8) is 0 Å². The average Bonchev–Trinajstić information content (AvgIpc) is 2.50. The zero-order valence-electron chi connectivity index (χ0n) is 6.34. The molecule has 0 aliphatic rings. The smallest absolute Gasteiger partial charge is 0.375 e. The number of carbonyl (C=O) groups is 1. The van der Waals surface area contributed by atoms with Gasteiger partial charge in [-0.1, -0.05) is 0 Å². The number of nitrogens with one attached hydrogen (secondary N) is 1. The van der Waals surface area contributed by atoms with Gasteiger partial charge in [-0.25, -0.2) is 9.78 Å². The molecule has 13 heavy (non-hydrogen) atoms. The van der Waals surface area contributed by atoms with E-state index in [1.54, 1.807) is 0 Å². The van der Waals surface area contributed by atoms with Crippen LogP contribution in [0.1, 0.15) is 12.1 Å². The van der Waals surface area contributed by atoms with Crippen molar-refractivity contribution in [1.82, 2.24) is 9.97 Å². The van der Waals surface area contributed by atoms with E-state index >= 15 is 0 Å².